The smallest absolute Gasteiger partial charge is 0.323 e. The number of pyridine rings is 1. The molecule has 1 aliphatic rings. The molecule has 0 aromatic carbocycles. The molecule has 1 fully saturated rings. The molecule has 0 saturated heterocycles. The van der Waals surface area contributed by atoms with Crippen LogP contribution in [0, 0.1) is 12.8 Å². The lowest BCUT2D eigenvalue weighted by atomic mass is 10.2. The number of nitrogens with one attached hydrogen (secondary N) is 1. The normalized spacial score (nSPS) is 14.7. The lowest BCUT2D eigenvalue weighted by molar-refractivity contribution is 0.212. The number of nitrogens with zero attached hydrogens (tertiary/aromatic N) is 6. The van der Waals surface area contributed by atoms with Gasteiger partial charge in [-0.1, -0.05) is 5.16 Å². The summed E-state index contributed by atoms with van der Waals surface area (Å²) in [5.74, 6) is 2.14. The molecule has 1 aliphatic carbocycles. The molecule has 3 aromatic heterocycles. The molecule has 1 atom stereocenters. The topological polar surface area (TPSA) is 102 Å². The summed E-state index contributed by atoms with van der Waals surface area (Å²) in [5, 5.41) is 11.4. The van der Waals surface area contributed by atoms with Crippen LogP contribution in [0.5, 0.6) is 0 Å². The van der Waals surface area contributed by atoms with Gasteiger partial charge in [0.1, 0.15) is 12.4 Å². The van der Waals surface area contributed by atoms with Crippen molar-refractivity contribution < 1.29 is 9.32 Å². The number of rotatable bonds is 6. The molecule has 28 heavy (non-hydrogen) atoms. The summed E-state index contributed by atoms with van der Waals surface area (Å²) in [4.78, 5) is 22.5. The van der Waals surface area contributed by atoms with Gasteiger partial charge in [-0.2, -0.15) is 10.1 Å². The highest BCUT2D eigenvalue weighted by atomic mass is 16.5. The molecular formula is C19H23N7O2. The highest BCUT2D eigenvalue weighted by Crippen LogP contribution is 2.40. The molecule has 1 N–H and O–H groups in total. The lowest BCUT2D eigenvalue weighted by Crippen LogP contribution is -2.32. The number of amides is 2. The summed E-state index contributed by atoms with van der Waals surface area (Å²) in [7, 11) is 1.68. The van der Waals surface area contributed by atoms with E-state index >= 15 is 0 Å². The van der Waals surface area contributed by atoms with Crippen molar-refractivity contribution in [1.82, 2.24) is 29.8 Å². The van der Waals surface area contributed by atoms with Gasteiger partial charge in [0.25, 0.3) is 0 Å². The first-order valence-corrected chi connectivity index (χ1v) is 9.32. The third-order valence-electron chi connectivity index (χ3n) is 4.89. The Kier molecular flexibility index (Phi) is 4.81. The zero-order chi connectivity index (χ0) is 19.7. The molecule has 3 aromatic rings. The molecule has 0 radical (unpaired) electrons. The Morgan fingerprint density at radius 3 is 3.00 bits per heavy atom. The van der Waals surface area contributed by atoms with Crippen LogP contribution in [-0.4, -0.2) is 42.9 Å². The minimum Gasteiger partial charge on any atom is -0.337 e. The molecule has 4 rings (SSSR count). The molecule has 0 unspecified atom stereocenters. The third-order valence-corrected chi connectivity index (χ3v) is 4.89. The average Bonchev–Trinajstić information content (AvgIpc) is 3.34. The van der Waals surface area contributed by atoms with Crippen molar-refractivity contribution in [2.75, 3.05) is 12.4 Å². The van der Waals surface area contributed by atoms with Gasteiger partial charge in [0.05, 0.1) is 11.7 Å². The molecule has 0 aliphatic heterocycles. The van der Waals surface area contributed by atoms with E-state index in [1.807, 2.05) is 23.7 Å². The largest absolute Gasteiger partial charge is 0.337 e. The van der Waals surface area contributed by atoms with Crippen molar-refractivity contribution >= 4 is 11.8 Å². The van der Waals surface area contributed by atoms with E-state index in [9.17, 15) is 4.79 Å². The first-order chi connectivity index (χ1) is 13.5. The number of hydrogen-bond donors (Lipinski definition) is 1. The Morgan fingerprint density at radius 2 is 2.29 bits per heavy atom. The van der Waals surface area contributed by atoms with Crippen LogP contribution in [0.4, 0.5) is 10.6 Å². The molecule has 146 valence electrons. The van der Waals surface area contributed by atoms with Gasteiger partial charge in [0, 0.05) is 31.1 Å². The van der Waals surface area contributed by atoms with E-state index in [1.165, 1.54) is 17.7 Å². The summed E-state index contributed by atoms with van der Waals surface area (Å²) < 4.78 is 7.18. The molecule has 0 bridgehead atoms. The summed E-state index contributed by atoms with van der Waals surface area (Å²) >= 11 is 0. The van der Waals surface area contributed by atoms with Crippen LogP contribution >= 0.6 is 0 Å². The number of anilines is 1. The van der Waals surface area contributed by atoms with Crippen LogP contribution in [0.25, 0.3) is 11.4 Å². The van der Waals surface area contributed by atoms with Crippen LogP contribution in [0.1, 0.15) is 37.4 Å². The van der Waals surface area contributed by atoms with Gasteiger partial charge < -0.3 is 9.42 Å². The fraction of sp³-hybridized carbons (Fsp3) is 0.421. The van der Waals surface area contributed by atoms with E-state index < -0.39 is 0 Å². The number of urea groups is 1. The predicted octanol–water partition coefficient (Wildman–Crippen LogP) is 3.27. The maximum absolute atomic E-state index is 12.6. The van der Waals surface area contributed by atoms with Crippen LogP contribution in [0.2, 0.25) is 0 Å². The first kappa shape index (κ1) is 18.1. The SMILES string of the molecule is Cc1cc(NC(=O)N(C)Cc2nc(-c3cccnc3)no2)n([C@@H](C)C2CC2)n1. The maximum Gasteiger partial charge on any atom is 0.323 e. The summed E-state index contributed by atoms with van der Waals surface area (Å²) in [6.07, 6.45) is 5.77. The molecule has 2 amide bonds. The quantitative estimate of drug-likeness (QED) is 0.703. The number of carbonyl (C=O) groups is 1. The Labute approximate surface area is 162 Å². The second kappa shape index (κ2) is 7.41. The monoisotopic (exact) mass is 381 g/mol. The van der Waals surface area contributed by atoms with Crippen LogP contribution in [0.3, 0.4) is 0 Å². The highest BCUT2D eigenvalue weighted by Gasteiger charge is 2.31. The predicted molar refractivity (Wildman–Crippen MR) is 102 cm³/mol. The summed E-state index contributed by atoms with van der Waals surface area (Å²) in [5.41, 5.74) is 1.64. The van der Waals surface area contributed by atoms with Gasteiger partial charge >= 0.3 is 6.03 Å². The van der Waals surface area contributed by atoms with Crippen molar-refractivity contribution in [3.05, 3.63) is 42.2 Å². The minimum atomic E-state index is -0.259. The molecular weight excluding hydrogens is 358 g/mol. The van der Waals surface area contributed by atoms with Gasteiger partial charge in [-0.15, -0.1) is 0 Å². The highest BCUT2D eigenvalue weighted by molar-refractivity contribution is 5.88. The van der Waals surface area contributed by atoms with Gasteiger partial charge in [0.15, 0.2) is 0 Å². The van der Waals surface area contributed by atoms with Crippen molar-refractivity contribution in [1.29, 1.82) is 0 Å². The fourth-order valence-corrected chi connectivity index (χ4v) is 3.11. The van der Waals surface area contributed by atoms with E-state index in [1.54, 1.807) is 25.5 Å². The second-order valence-electron chi connectivity index (χ2n) is 7.23. The number of hydrogen-bond acceptors (Lipinski definition) is 6. The van der Waals surface area contributed by atoms with Gasteiger partial charge in [0.2, 0.25) is 11.7 Å². The van der Waals surface area contributed by atoms with E-state index in [0.29, 0.717) is 23.5 Å². The molecule has 9 heteroatoms. The lowest BCUT2D eigenvalue weighted by Gasteiger charge is -2.19. The zero-order valence-electron chi connectivity index (χ0n) is 16.2. The second-order valence-corrected chi connectivity index (χ2v) is 7.23. The summed E-state index contributed by atoms with van der Waals surface area (Å²) in [6.45, 7) is 4.26. The standard InChI is InChI=1S/C19H23N7O2/c1-12-9-16(26(23-12)13(2)14-6-7-14)21-19(27)25(3)11-17-22-18(24-28-17)15-5-4-8-20-10-15/h4-5,8-10,13-14H,6-7,11H2,1-3H3,(H,21,27)/t13-/m0/s1. The van der Waals surface area contributed by atoms with Gasteiger partial charge in [-0.05, 0) is 44.7 Å². The average molecular weight is 381 g/mol. The van der Waals surface area contributed by atoms with E-state index in [4.69, 9.17) is 4.52 Å². The molecule has 9 nitrogen and oxygen atoms in total. The van der Waals surface area contributed by atoms with Crippen molar-refractivity contribution in [3.8, 4) is 11.4 Å². The third kappa shape index (κ3) is 3.88. The van der Waals surface area contributed by atoms with E-state index in [0.717, 1.165) is 11.3 Å². The van der Waals surface area contributed by atoms with E-state index in [2.05, 4.69) is 32.5 Å². The van der Waals surface area contributed by atoms with Crippen LogP contribution in [0.15, 0.2) is 35.1 Å². The molecule has 0 spiro atoms. The maximum atomic E-state index is 12.6. The van der Waals surface area contributed by atoms with Crippen molar-refractivity contribution in [3.63, 3.8) is 0 Å². The van der Waals surface area contributed by atoms with Gasteiger partial charge in [-0.25, -0.2) is 9.48 Å². The van der Waals surface area contributed by atoms with Crippen molar-refractivity contribution in [2.45, 2.75) is 39.3 Å². The van der Waals surface area contributed by atoms with Crippen LogP contribution < -0.4 is 5.32 Å². The zero-order valence-corrected chi connectivity index (χ0v) is 16.2. The Morgan fingerprint density at radius 1 is 1.46 bits per heavy atom. The number of carbonyl (C=O) groups excluding carboxylic acids is 1. The van der Waals surface area contributed by atoms with Crippen molar-refractivity contribution in [2.24, 2.45) is 5.92 Å². The fourth-order valence-electron chi connectivity index (χ4n) is 3.11. The Bertz CT molecular complexity index is 962. The summed E-state index contributed by atoms with van der Waals surface area (Å²) in [6, 6.07) is 5.55. The first-order valence-electron chi connectivity index (χ1n) is 9.32. The van der Waals surface area contributed by atoms with Gasteiger partial charge in [-0.3, -0.25) is 10.3 Å². The Hall–Kier alpha value is -3.23. The van der Waals surface area contributed by atoms with Crippen LogP contribution in [-0.2, 0) is 6.54 Å². The minimum absolute atomic E-state index is 0.199. The number of aromatic nitrogens is 5. The molecule has 1 saturated carbocycles. The molecule has 3 heterocycles. The number of aryl methyl sites for hydroxylation is 1. The van der Waals surface area contributed by atoms with E-state index in [-0.39, 0.29) is 18.6 Å². The Balaban J connectivity index is 1.41.